The van der Waals surface area contributed by atoms with Crippen molar-refractivity contribution in [3.05, 3.63) is 42.0 Å². The van der Waals surface area contributed by atoms with Crippen molar-refractivity contribution in [1.82, 2.24) is 0 Å². The Balaban J connectivity index is 2.45. The SMILES string of the molecule is C=C(C)C(=O)OC(CO)COc1ccc(CCCC)cc1. The highest BCUT2D eigenvalue weighted by atomic mass is 16.6. The topological polar surface area (TPSA) is 55.8 Å². The lowest BCUT2D eigenvalue weighted by Gasteiger charge is -2.16. The van der Waals surface area contributed by atoms with Gasteiger partial charge in [0.15, 0.2) is 6.10 Å². The summed E-state index contributed by atoms with van der Waals surface area (Å²) >= 11 is 0. The van der Waals surface area contributed by atoms with Gasteiger partial charge < -0.3 is 14.6 Å². The Morgan fingerprint density at radius 2 is 2.00 bits per heavy atom. The van der Waals surface area contributed by atoms with Crippen LogP contribution in [0.15, 0.2) is 36.4 Å². The number of aliphatic hydroxyl groups is 1. The molecule has 0 aliphatic carbocycles. The quantitative estimate of drug-likeness (QED) is 0.561. The third-order valence-corrected chi connectivity index (χ3v) is 3.00. The van der Waals surface area contributed by atoms with Crippen molar-refractivity contribution in [1.29, 1.82) is 0 Å². The van der Waals surface area contributed by atoms with Crippen LogP contribution in [-0.4, -0.2) is 30.4 Å². The standard InChI is InChI=1S/C17H24O4/c1-4-5-6-14-7-9-15(10-8-14)20-12-16(11-18)21-17(19)13(2)3/h7-10,16,18H,2,4-6,11-12H2,1,3H3. The van der Waals surface area contributed by atoms with E-state index >= 15 is 0 Å². The molecule has 21 heavy (non-hydrogen) atoms. The fourth-order valence-electron chi connectivity index (χ4n) is 1.70. The van der Waals surface area contributed by atoms with Gasteiger partial charge in [-0.3, -0.25) is 0 Å². The number of aryl methyl sites for hydroxylation is 1. The number of esters is 1. The molecule has 0 fully saturated rings. The number of benzene rings is 1. The van der Waals surface area contributed by atoms with Crippen LogP contribution in [0.4, 0.5) is 0 Å². The summed E-state index contributed by atoms with van der Waals surface area (Å²) in [6.07, 6.45) is 2.72. The molecule has 0 saturated carbocycles. The van der Waals surface area contributed by atoms with Crippen molar-refractivity contribution in [3.8, 4) is 5.75 Å². The highest BCUT2D eigenvalue weighted by Gasteiger charge is 2.14. The average molecular weight is 292 g/mol. The molecule has 0 aliphatic heterocycles. The maximum atomic E-state index is 11.4. The van der Waals surface area contributed by atoms with Crippen molar-refractivity contribution in [2.75, 3.05) is 13.2 Å². The van der Waals surface area contributed by atoms with E-state index in [9.17, 15) is 9.90 Å². The molecule has 0 aromatic heterocycles. The highest BCUT2D eigenvalue weighted by molar-refractivity contribution is 5.87. The molecule has 0 bridgehead atoms. The van der Waals surface area contributed by atoms with E-state index in [2.05, 4.69) is 13.5 Å². The van der Waals surface area contributed by atoms with Gasteiger partial charge in [0.25, 0.3) is 0 Å². The predicted octanol–water partition coefficient (Wildman–Crippen LogP) is 2.89. The van der Waals surface area contributed by atoms with Crippen molar-refractivity contribution in [2.45, 2.75) is 39.2 Å². The lowest BCUT2D eigenvalue weighted by Crippen LogP contribution is -2.28. The van der Waals surface area contributed by atoms with Gasteiger partial charge in [-0.2, -0.15) is 0 Å². The van der Waals surface area contributed by atoms with Crippen LogP contribution in [0.2, 0.25) is 0 Å². The Morgan fingerprint density at radius 1 is 1.33 bits per heavy atom. The number of carbonyl (C=O) groups is 1. The van der Waals surface area contributed by atoms with Gasteiger partial charge in [0.05, 0.1) is 6.61 Å². The van der Waals surface area contributed by atoms with Gasteiger partial charge in [-0.1, -0.05) is 32.1 Å². The molecule has 116 valence electrons. The number of hydrogen-bond donors (Lipinski definition) is 1. The molecule has 1 unspecified atom stereocenters. The first-order valence-corrected chi connectivity index (χ1v) is 7.26. The van der Waals surface area contributed by atoms with Crippen LogP contribution in [0, 0.1) is 0 Å². The molecule has 0 heterocycles. The van der Waals surface area contributed by atoms with Gasteiger partial charge in [0.2, 0.25) is 0 Å². The Bertz CT molecular complexity index is 450. The summed E-state index contributed by atoms with van der Waals surface area (Å²) in [5.41, 5.74) is 1.57. The van der Waals surface area contributed by atoms with Crippen molar-refractivity contribution < 1.29 is 19.4 Å². The smallest absolute Gasteiger partial charge is 0.333 e. The molecular formula is C17H24O4. The predicted molar refractivity (Wildman–Crippen MR) is 82.3 cm³/mol. The van der Waals surface area contributed by atoms with E-state index in [1.807, 2.05) is 24.3 Å². The monoisotopic (exact) mass is 292 g/mol. The first-order valence-electron chi connectivity index (χ1n) is 7.26. The number of unbranched alkanes of at least 4 members (excludes halogenated alkanes) is 1. The van der Waals surface area contributed by atoms with E-state index in [1.165, 1.54) is 18.4 Å². The molecule has 1 atom stereocenters. The first-order chi connectivity index (χ1) is 10.1. The number of aliphatic hydroxyl groups excluding tert-OH is 1. The van der Waals surface area contributed by atoms with Crippen molar-refractivity contribution >= 4 is 5.97 Å². The number of carbonyl (C=O) groups excluding carboxylic acids is 1. The Hall–Kier alpha value is -1.81. The molecule has 4 nitrogen and oxygen atoms in total. The molecule has 0 radical (unpaired) electrons. The number of hydrogen-bond acceptors (Lipinski definition) is 4. The maximum absolute atomic E-state index is 11.4. The zero-order valence-electron chi connectivity index (χ0n) is 12.8. The highest BCUT2D eigenvalue weighted by Crippen LogP contribution is 2.14. The minimum absolute atomic E-state index is 0.115. The van der Waals surface area contributed by atoms with Crippen LogP contribution >= 0.6 is 0 Å². The third kappa shape index (κ3) is 6.45. The second kappa shape index (κ2) is 9.19. The summed E-state index contributed by atoms with van der Waals surface area (Å²) in [6, 6.07) is 7.83. The summed E-state index contributed by atoms with van der Waals surface area (Å²) in [6.45, 7) is 7.06. The lowest BCUT2D eigenvalue weighted by atomic mass is 10.1. The molecule has 0 saturated heterocycles. The molecule has 0 amide bonds. The van der Waals surface area contributed by atoms with E-state index in [-0.39, 0.29) is 13.2 Å². The Kier molecular flexibility index (Phi) is 7.54. The van der Waals surface area contributed by atoms with E-state index in [1.54, 1.807) is 6.92 Å². The average Bonchev–Trinajstić information content (AvgIpc) is 2.50. The van der Waals surface area contributed by atoms with Crippen molar-refractivity contribution in [3.63, 3.8) is 0 Å². The van der Waals surface area contributed by atoms with Gasteiger partial charge >= 0.3 is 5.97 Å². The second-order valence-corrected chi connectivity index (χ2v) is 5.05. The lowest BCUT2D eigenvalue weighted by molar-refractivity contribution is -0.147. The van der Waals surface area contributed by atoms with Crippen LogP contribution < -0.4 is 4.74 Å². The Morgan fingerprint density at radius 3 is 2.52 bits per heavy atom. The summed E-state index contributed by atoms with van der Waals surface area (Å²) in [4.78, 5) is 11.4. The normalized spacial score (nSPS) is 11.8. The molecule has 1 aromatic carbocycles. The maximum Gasteiger partial charge on any atom is 0.333 e. The number of ether oxygens (including phenoxy) is 2. The minimum atomic E-state index is -0.686. The molecule has 0 spiro atoms. The molecule has 4 heteroatoms. The van der Waals surface area contributed by atoms with Crippen LogP contribution in [0.5, 0.6) is 5.75 Å². The zero-order chi connectivity index (χ0) is 15.7. The summed E-state index contributed by atoms with van der Waals surface area (Å²) in [7, 11) is 0. The van der Waals surface area contributed by atoms with Crippen LogP contribution in [0.3, 0.4) is 0 Å². The van der Waals surface area contributed by atoms with Gasteiger partial charge in [-0.05, 0) is 37.5 Å². The zero-order valence-corrected chi connectivity index (χ0v) is 12.8. The van der Waals surface area contributed by atoms with E-state index in [0.717, 1.165) is 6.42 Å². The summed E-state index contributed by atoms with van der Waals surface area (Å²) in [5, 5.41) is 9.19. The molecular weight excluding hydrogens is 268 g/mol. The Labute approximate surface area is 126 Å². The fraction of sp³-hybridized carbons (Fsp3) is 0.471. The number of rotatable bonds is 9. The van der Waals surface area contributed by atoms with Gasteiger partial charge in [-0.15, -0.1) is 0 Å². The summed E-state index contributed by atoms with van der Waals surface area (Å²) in [5.74, 6) is 0.174. The minimum Gasteiger partial charge on any atom is -0.490 e. The molecule has 1 aromatic rings. The van der Waals surface area contributed by atoms with Gasteiger partial charge in [-0.25, -0.2) is 4.79 Å². The van der Waals surface area contributed by atoms with Crippen LogP contribution in [-0.2, 0) is 16.0 Å². The fourth-order valence-corrected chi connectivity index (χ4v) is 1.70. The van der Waals surface area contributed by atoms with Gasteiger partial charge in [0, 0.05) is 5.57 Å². The molecule has 0 aliphatic rings. The van der Waals surface area contributed by atoms with E-state index in [4.69, 9.17) is 9.47 Å². The van der Waals surface area contributed by atoms with Gasteiger partial charge in [0.1, 0.15) is 12.4 Å². The van der Waals surface area contributed by atoms with Crippen LogP contribution in [0.1, 0.15) is 32.3 Å². The van der Waals surface area contributed by atoms with Crippen LogP contribution in [0.25, 0.3) is 0 Å². The third-order valence-electron chi connectivity index (χ3n) is 3.00. The second-order valence-electron chi connectivity index (χ2n) is 5.05. The largest absolute Gasteiger partial charge is 0.490 e. The van der Waals surface area contributed by atoms with E-state index < -0.39 is 12.1 Å². The van der Waals surface area contributed by atoms with Crippen molar-refractivity contribution in [2.24, 2.45) is 0 Å². The molecule has 1 N–H and O–H groups in total. The summed E-state index contributed by atoms with van der Waals surface area (Å²) < 4.78 is 10.6. The van der Waals surface area contributed by atoms with E-state index in [0.29, 0.717) is 11.3 Å². The first kappa shape index (κ1) is 17.2. The molecule has 1 rings (SSSR count).